The van der Waals surface area contributed by atoms with Crippen LogP contribution in [-0.4, -0.2) is 37.2 Å². The molecule has 0 saturated heterocycles. The second kappa shape index (κ2) is 53.2. The van der Waals surface area contributed by atoms with Gasteiger partial charge in [-0.15, -0.1) is 0 Å². The summed E-state index contributed by atoms with van der Waals surface area (Å²) >= 11 is 0. The Morgan fingerprint density at radius 2 is 0.562 bits per heavy atom. The van der Waals surface area contributed by atoms with E-state index in [2.05, 4.69) is 57.2 Å². The zero-order valence-corrected chi connectivity index (χ0v) is 42.8. The van der Waals surface area contributed by atoms with Gasteiger partial charge in [0, 0.05) is 19.3 Å². The number of unbranched alkanes of at least 4 members (excludes halogenated alkanes) is 34. The van der Waals surface area contributed by atoms with E-state index in [9.17, 15) is 14.4 Å². The highest BCUT2D eigenvalue weighted by Crippen LogP contribution is 2.16. The average molecular weight is 899 g/mol. The molecule has 0 aliphatic rings. The summed E-state index contributed by atoms with van der Waals surface area (Å²) in [5.41, 5.74) is 0. The van der Waals surface area contributed by atoms with Crippen molar-refractivity contribution in [2.24, 2.45) is 0 Å². The summed E-state index contributed by atoms with van der Waals surface area (Å²) in [6, 6.07) is 0. The monoisotopic (exact) mass is 899 g/mol. The van der Waals surface area contributed by atoms with Gasteiger partial charge in [0.2, 0.25) is 0 Å². The largest absolute Gasteiger partial charge is 0.462 e. The first-order valence-corrected chi connectivity index (χ1v) is 28.0. The number of carbonyl (C=O) groups is 3. The third kappa shape index (κ3) is 50.6. The molecule has 0 amide bonds. The van der Waals surface area contributed by atoms with Gasteiger partial charge in [-0.05, 0) is 77.0 Å². The topological polar surface area (TPSA) is 78.9 Å². The van der Waals surface area contributed by atoms with E-state index in [1.165, 1.54) is 186 Å². The lowest BCUT2D eigenvalue weighted by molar-refractivity contribution is -0.167. The minimum Gasteiger partial charge on any atom is -0.462 e. The van der Waals surface area contributed by atoms with E-state index in [1.54, 1.807) is 0 Å². The summed E-state index contributed by atoms with van der Waals surface area (Å²) in [6.45, 7) is 6.63. The Bertz CT molecular complexity index is 1080. The fraction of sp³-hybridized carbons (Fsp3) is 0.845. The third-order valence-electron chi connectivity index (χ3n) is 12.4. The van der Waals surface area contributed by atoms with Crippen molar-refractivity contribution in [1.29, 1.82) is 0 Å². The fourth-order valence-electron chi connectivity index (χ4n) is 8.12. The summed E-state index contributed by atoms with van der Waals surface area (Å²) in [6.07, 6.45) is 62.7. The number of carbonyl (C=O) groups excluding carboxylic acids is 3. The molecule has 0 rings (SSSR count). The van der Waals surface area contributed by atoms with Gasteiger partial charge in [0.25, 0.3) is 0 Å². The van der Waals surface area contributed by atoms with Crippen LogP contribution in [0.15, 0.2) is 36.5 Å². The van der Waals surface area contributed by atoms with Gasteiger partial charge in [-0.2, -0.15) is 0 Å². The van der Waals surface area contributed by atoms with Crippen LogP contribution in [-0.2, 0) is 28.6 Å². The molecule has 64 heavy (non-hydrogen) atoms. The highest BCUT2D eigenvalue weighted by Gasteiger charge is 2.19. The molecule has 0 spiro atoms. The van der Waals surface area contributed by atoms with Gasteiger partial charge in [-0.3, -0.25) is 14.4 Å². The van der Waals surface area contributed by atoms with Crippen molar-refractivity contribution >= 4 is 17.9 Å². The predicted molar refractivity (Wildman–Crippen MR) is 275 cm³/mol. The Kier molecular flexibility index (Phi) is 51.3. The second-order valence-corrected chi connectivity index (χ2v) is 18.8. The number of hydrogen-bond donors (Lipinski definition) is 0. The van der Waals surface area contributed by atoms with Crippen molar-refractivity contribution < 1.29 is 28.6 Å². The van der Waals surface area contributed by atoms with E-state index in [0.717, 1.165) is 70.6 Å². The first kappa shape index (κ1) is 61.6. The van der Waals surface area contributed by atoms with Gasteiger partial charge in [0.1, 0.15) is 13.2 Å². The summed E-state index contributed by atoms with van der Waals surface area (Å²) < 4.78 is 16.8. The highest BCUT2D eigenvalue weighted by molar-refractivity contribution is 5.71. The third-order valence-corrected chi connectivity index (χ3v) is 12.4. The van der Waals surface area contributed by atoms with Crippen LogP contribution in [0.4, 0.5) is 0 Å². The minimum absolute atomic E-state index is 0.0733. The van der Waals surface area contributed by atoms with E-state index >= 15 is 0 Å². The van der Waals surface area contributed by atoms with Gasteiger partial charge in [-0.1, -0.05) is 237 Å². The Morgan fingerprint density at radius 3 is 0.906 bits per heavy atom. The lowest BCUT2D eigenvalue weighted by Gasteiger charge is -2.18. The van der Waals surface area contributed by atoms with Crippen molar-refractivity contribution in [3.05, 3.63) is 36.5 Å². The molecule has 0 bridgehead atoms. The molecule has 0 fully saturated rings. The normalized spacial score (nSPS) is 12.2. The number of ether oxygens (including phenoxy) is 3. The van der Waals surface area contributed by atoms with E-state index in [1.807, 2.05) is 0 Å². The summed E-state index contributed by atoms with van der Waals surface area (Å²) in [5, 5.41) is 0. The van der Waals surface area contributed by atoms with Crippen molar-refractivity contribution in [3.8, 4) is 0 Å². The fourth-order valence-corrected chi connectivity index (χ4v) is 8.12. The van der Waals surface area contributed by atoms with Crippen molar-refractivity contribution in [2.45, 2.75) is 303 Å². The molecule has 0 heterocycles. The van der Waals surface area contributed by atoms with Gasteiger partial charge >= 0.3 is 17.9 Å². The van der Waals surface area contributed by atoms with E-state index < -0.39 is 6.10 Å². The van der Waals surface area contributed by atoms with Crippen LogP contribution in [0.25, 0.3) is 0 Å². The SMILES string of the molecule is CCCCC/C=C\C/C=C\CCCCCCCCCCCC(=O)OC[C@@H](COC(=O)CCCCCCCCCCCCCCC)OC(=O)CCCCCCC/C=C\CCCCCCC. The predicted octanol–water partition coefficient (Wildman–Crippen LogP) is 18.5. The maximum atomic E-state index is 12.8. The lowest BCUT2D eigenvalue weighted by Crippen LogP contribution is -2.30. The molecular weight excluding hydrogens is 793 g/mol. The maximum absolute atomic E-state index is 12.8. The number of allylic oxidation sites excluding steroid dienone is 6. The first-order chi connectivity index (χ1) is 31.5. The van der Waals surface area contributed by atoms with Crippen LogP contribution < -0.4 is 0 Å². The maximum Gasteiger partial charge on any atom is 0.306 e. The first-order valence-electron chi connectivity index (χ1n) is 28.0. The summed E-state index contributed by atoms with van der Waals surface area (Å²) in [5.74, 6) is -0.872. The Morgan fingerprint density at radius 1 is 0.312 bits per heavy atom. The molecule has 0 radical (unpaired) electrons. The average Bonchev–Trinajstić information content (AvgIpc) is 3.29. The second-order valence-electron chi connectivity index (χ2n) is 18.8. The van der Waals surface area contributed by atoms with E-state index in [-0.39, 0.29) is 31.1 Å². The van der Waals surface area contributed by atoms with Crippen LogP contribution in [0, 0.1) is 0 Å². The molecule has 0 aliphatic carbocycles. The van der Waals surface area contributed by atoms with Crippen molar-refractivity contribution in [2.75, 3.05) is 13.2 Å². The zero-order valence-electron chi connectivity index (χ0n) is 42.8. The van der Waals surface area contributed by atoms with Crippen molar-refractivity contribution in [1.82, 2.24) is 0 Å². The highest BCUT2D eigenvalue weighted by atomic mass is 16.6. The quantitative estimate of drug-likeness (QED) is 0.0262. The minimum atomic E-state index is -0.774. The molecule has 6 nitrogen and oxygen atoms in total. The van der Waals surface area contributed by atoms with Crippen LogP contribution in [0.5, 0.6) is 0 Å². The molecule has 0 unspecified atom stereocenters. The van der Waals surface area contributed by atoms with Crippen LogP contribution in [0.2, 0.25) is 0 Å². The van der Waals surface area contributed by atoms with E-state index in [4.69, 9.17) is 14.2 Å². The molecule has 6 heteroatoms. The summed E-state index contributed by atoms with van der Waals surface area (Å²) in [4.78, 5) is 38.1. The summed E-state index contributed by atoms with van der Waals surface area (Å²) in [7, 11) is 0. The molecule has 1 atom stereocenters. The molecule has 0 aromatic heterocycles. The van der Waals surface area contributed by atoms with Crippen LogP contribution in [0.1, 0.15) is 297 Å². The Labute approximate surface area is 397 Å². The smallest absolute Gasteiger partial charge is 0.306 e. The van der Waals surface area contributed by atoms with Crippen LogP contribution in [0.3, 0.4) is 0 Å². The number of rotatable bonds is 51. The number of esters is 3. The molecule has 0 N–H and O–H groups in total. The van der Waals surface area contributed by atoms with Gasteiger partial charge in [0.15, 0.2) is 6.10 Å². The van der Waals surface area contributed by atoms with E-state index in [0.29, 0.717) is 19.3 Å². The lowest BCUT2D eigenvalue weighted by atomic mass is 10.0. The molecule has 0 saturated carbocycles. The van der Waals surface area contributed by atoms with Gasteiger partial charge in [0.05, 0.1) is 0 Å². The zero-order chi connectivity index (χ0) is 46.5. The van der Waals surface area contributed by atoms with Gasteiger partial charge < -0.3 is 14.2 Å². The molecule has 374 valence electrons. The molecule has 0 aromatic carbocycles. The van der Waals surface area contributed by atoms with Crippen molar-refractivity contribution in [3.63, 3.8) is 0 Å². The van der Waals surface area contributed by atoms with Crippen LogP contribution >= 0.6 is 0 Å². The van der Waals surface area contributed by atoms with Gasteiger partial charge in [-0.25, -0.2) is 0 Å². The Hall–Kier alpha value is -2.37. The molecule has 0 aliphatic heterocycles. The Balaban J connectivity index is 4.33. The molecular formula is C58H106O6. The number of hydrogen-bond acceptors (Lipinski definition) is 6. The standard InChI is InChI=1S/C58H106O6/c1-4-7-10-13-16-19-22-25-27-28-29-30-31-34-36-39-42-45-48-51-57(60)63-54-55(53-62-56(59)50-47-44-41-38-35-32-24-21-18-15-12-9-6-3)64-58(61)52-49-46-43-40-37-33-26-23-20-17-14-11-8-5-2/h16,19,23,25-27,55H,4-15,17-18,20-22,24,28-54H2,1-3H3/b19-16-,26-23-,27-25-/t55-/m1/s1. The molecule has 0 aromatic rings.